The molecule has 1 aromatic carbocycles. The largest absolute Gasteiger partial charge is 0.344 e. The van der Waals surface area contributed by atoms with Gasteiger partial charge < -0.3 is 16.4 Å². The van der Waals surface area contributed by atoms with Gasteiger partial charge in [-0.15, -0.1) is 0 Å². The summed E-state index contributed by atoms with van der Waals surface area (Å²) in [6, 6.07) is 8.48. The molecule has 1 aliphatic heterocycles. The van der Waals surface area contributed by atoms with E-state index < -0.39 is 0 Å². The zero-order chi connectivity index (χ0) is 14.0. The number of rotatable bonds is 8. The second kappa shape index (κ2) is 8.72. The maximum absolute atomic E-state index is 5.46. The number of nitrogens with zero attached hydrogens (tertiary/aromatic N) is 1. The normalized spacial score (nSPS) is 15.9. The average Bonchev–Trinajstić information content (AvgIpc) is 2.50. The molecule has 0 aliphatic carbocycles. The van der Waals surface area contributed by atoms with Crippen molar-refractivity contribution in [2.75, 3.05) is 31.5 Å². The third-order valence-electron chi connectivity index (χ3n) is 3.55. The Labute approximate surface area is 121 Å². The molecule has 20 heavy (non-hydrogen) atoms. The van der Waals surface area contributed by atoms with Crippen LogP contribution in [0.3, 0.4) is 0 Å². The van der Waals surface area contributed by atoms with Gasteiger partial charge in [-0.1, -0.05) is 18.2 Å². The summed E-state index contributed by atoms with van der Waals surface area (Å²) in [4.78, 5) is 4.66. The van der Waals surface area contributed by atoms with E-state index in [2.05, 4.69) is 39.9 Å². The summed E-state index contributed by atoms with van der Waals surface area (Å²) in [7, 11) is 0. The molecule has 0 saturated carbocycles. The van der Waals surface area contributed by atoms with Gasteiger partial charge >= 0.3 is 0 Å². The number of nitrogens with two attached hydrogens (primary N) is 1. The Morgan fingerprint density at radius 3 is 2.85 bits per heavy atom. The highest BCUT2D eigenvalue weighted by atomic mass is 15.0. The van der Waals surface area contributed by atoms with Crippen LogP contribution < -0.4 is 16.4 Å². The topological polar surface area (TPSA) is 62.4 Å². The highest BCUT2D eigenvalue weighted by molar-refractivity contribution is 5.98. The predicted molar refractivity (Wildman–Crippen MR) is 86.5 cm³/mol. The Bertz CT molecular complexity index is 428. The molecule has 0 aromatic heterocycles. The lowest BCUT2D eigenvalue weighted by molar-refractivity contribution is 0.611. The van der Waals surface area contributed by atoms with Gasteiger partial charge in [-0.05, 0) is 56.9 Å². The molecule has 110 valence electrons. The Morgan fingerprint density at radius 1 is 1.10 bits per heavy atom. The maximum Gasteiger partial charge on any atom is 0.101 e. The fourth-order valence-corrected chi connectivity index (χ4v) is 2.39. The first-order valence-electron chi connectivity index (χ1n) is 7.69. The van der Waals surface area contributed by atoms with E-state index in [0.29, 0.717) is 0 Å². The predicted octanol–water partition coefficient (Wildman–Crippen LogP) is 2.16. The van der Waals surface area contributed by atoms with Crippen LogP contribution in [-0.4, -0.2) is 32.0 Å². The molecule has 1 heterocycles. The molecule has 0 fully saturated rings. The Hall–Kier alpha value is -1.39. The van der Waals surface area contributed by atoms with Crippen LogP contribution in [0, 0.1) is 0 Å². The lowest BCUT2D eigenvalue weighted by Crippen LogP contribution is -2.21. The Balaban J connectivity index is 1.62. The van der Waals surface area contributed by atoms with Gasteiger partial charge in [-0.2, -0.15) is 0 Å². The van der Waals surface area contributed by atoms with E-state index in [9.17, 15) is 0 Å². The highest BCUT2D eigenvalue weighted by Gasteiger charge is 2.11. The van der Waals surface area contributed by atoms with Crippen molar-refractivity contribution in [3.05, 3.63) is 29.8 Å². The van der Waals surface area contributed by atoms with E-state index in [0.717, 1.165) is 57.7 Å². The lowest BCUT2D eigenvalue weighted by Gasteiger charge is -2.19. The van der Waals surface area contributed by atoms with Crippen LogP contribution in [0.5, 0.6) is 0 Å². The molecule has 0 radical (unpaired) electrons. The van der Waals surface area contributed by atoms with Crippen LogP contribution >= 0.6 is 0 Å². The van der Waals surface area contributed by atoms with Crippen LogP contribution in [0.1, 0.15) is 31.2 Å². The van der Waals surface area contributed by atoms with Crippen LogP contribution in [0.25, 0.3) is 0 Å². The van der Waals surface area contributed by atoms with Gasteiger partial charge in [-0.3, -0.25) is 4.99 Å². The van der Waals surface area contributed by atoms with E-state index >= 15 is 0 Å². The summed E-state index contributed by atoms with van der Waals surface area (Å²) >= 11 is 0. The fraction of sp³-hybridized carbons (Fsp3) is 0.562. The van der Waals surface area contributed by atoms with Crippen LogP contribution in [-0.2, 0) is 6.42 Å². The van der Waals surface area contributed by atoms with Crippen molar-refractivity contribution in [1.82, 2.24) is 5.32 Å². The molecular formula is C16H26N4. The number of amidine groups is 1. The number of nitrogens with one attached hydrogen (secondary N) is 2. The summed E-state index contributed by atoms with van der Waals surface area (Å²) in [6.45, 7) is 3.80. The van der Waals surface area contributed by atoms with Crippen LogP contribution in [0.4, 0.5) is 5.69 Å². The number of hydrogen-bond acceptors (Lipinski definition) is 3. The minimum Gasteiger partial charge on any atom is -0.344 e. The fourth-order valence-electron chi connectivity index (χ4n) is 2.39. The average molecular weight is 274 g/mol. The summed E-state index contributed by atoms with van der Waals surface area (Å²) in [5.41, 5.74) is 8.07. The van der Waals surface area contributed by atoms with Crippen molar-refractivity contribution in [1.29, 1.82) is 0 Å². The summed E-state index contributed by atoms with van der Waals surface area (Å²) in [5.74, 6) is 1.13. The van der Waals surface area contributed by atoms with Crippen molar-refractivity contribution in [3.8, 4) is 0 Å². The van der Waals surface area contributed by atoms with Gasteiger partial charge in [0, 0.05) is 18.7 Å². The standard InChI is InChI=1S/C16H26N4/c17-10-3-4-11-18-12-5-13-19-16-9-8-14-6-1-2-7-15(14)20-16/h1-2,6-7,18H,3-5,8-13,17H2,(H,19,20). The molecule has 4 nitrogen and oxygen atoms in total. The Kier molecular flexibility index (Phi) is 6.54. The number of para-hydroxylation sites is 1. The zero-order valence-electron chi connectivity index (χ0n) is 12.2. The van der Waals surface area contributed by atoms with Crippen molar-refractivity contribution < 1.29 is 0 Å². The number of benzene rings is 1. The van der Waals surface area contributed by atoms with Crippen molar-refractivity contribution in [3.63, 3.8) is 0 Å². The number of fused-ring (bicyclic) bond motifs is 1. The number of aryl methyl sites for hydroxylation is 1. The molecule has 0 spiro atoms. The maximum atomic E-state index is 5.46. The summed E-state index contributed by atoms with van der Waals surface area (Å²) in [5, 5.41) is 6.86. The van der Waals surface area contributed by atoms with E-state index in [4.69, 9.17) is 5.73 Å². The number of unbranched alkanes of at least 4 members (excludes halogenated alkanes) is 1. The number of anilines is 1. The third kappa shape index (κ3) is 4.94. The van der Waals surface area contributed by atoms with Gasteiger partial charge in [0.25, 0.3) is 0 Å². The minimum absolute atomic E-state index is 0.794. The van der Waals surface area contributed by atoms with E-state index in [1.165, 1.54) is 17.7 Å². The Morgan fingerprint density at radius 2 is 1.95 bits per heavy atom. The lowest BCUT2D eigenvalue weighted by atomic mass is 10.0. The quantitative estimate of drug-likeness (QED) is 0.637. The molecule has 0 bridgehead atoms. The molecule has 4 N–H and O–H groups in total. The molecule has 0 atom stereocenters. The smallest absolute Gasteiger partial charge is 0.101 e. The molecule has 2 rings (SSSR count). The highest BCUT2D eigenvalue weighted by Crippen LogP contribution is 2.21. The first kappa shape index (κ1) is 15.0. The zero-order valence-corrected chi connectivity index (χ0v) is 12.2. The van der Waals surface area contributed by atoms with Crippen LogP contribution in [0.15, 0.2) is 29.3 Å². The second-order valence-corrected chi connectivity index (χ2v) is 5.21. The SMILES string of the molecule is NCCCCNCCCN=C1CCc2ccccc2N1. The van der Waals surface area contributed by atoms with Crippen LogP contribution in [0.2, 0.25) is 0 Å². The molecule has 1 aliphatic rings. The van der Waals surface area contributed by atoms with E-state index in [-0.39, 0.29) is 0 Å². The number of aliphatic imine (C=N–C) groups is 1. The third-order valence-corrected chi connectivity index (χ3v) is 3.55. The van der Waals surface area contributed by atoms with E-state index in [1.807, 2.05) is 0 Å². The minimum atomic E-state index is 0.794. The van der Waals surface area contributed by atoms with E-state index in [1.54, 1.807) is 0 Å². The molecule has 0 saturated heterocycles. The monoisotopic (exact) mass is 274 g/mol. The molecule has 4 heteroatoms. The van der Waals surface area contributed by atoms with Gasteiger partial charge in [0.1, 0.15) is 5.84 Å². The second-order valence-electron chi connectivity index (χ2n) is 5.21. The molecular weight excluding hydrogens is 248 g/mol. The van der Waals surface area contributed by atoms with Gasteiger partial charge in [0.2, 0.25) is 0 Å². The molecule has 1 aromatic rings. The molecule has 0 amide bonds. The first-order chi connectivity index (χ1) is 9.90. The summed E-state index contributed by atoms with van der Waals surface area (Å²) in [6.07, 6.45) is 5.50. The van der Waals surface area contributed by atoms with Crippen molar-refractivity contribution >= 4 is 11.5 Å². The van der Waals surface area contributed by atoms with Gasteiger partial charge in [-0.25, -0.2) is 0 Å². The van der Waals surface area contributed by atoms with Gasteiger partial charge in [0.15, 0.2) is 0 Å². The molecule has 0 unspecified atom stereocenters. The number of hydrogen-bond donors (Lipinski definition) is 3. The van der Waals surface area contributed by atoms with Gasteiger partial charge in [0.05, 0.1) is 0 Å². The van der Waals surface area contributed by atoms with Crippen molar-refractivity contribution in [2.45, 2.75) is 32.1 Å². The first-order valence-corrected chi connectivity index (χ1v) is 7.69. The van der Waals surface area contributed by atoms with Crippen molar-refractivity contribution in [2.24, 2.45) is 10.7 Å². The summed E-state index contributed by atoms with van der Waals surface area (Å²) < 4.78 is 0.